The highest BCUT2D eigenvalue weighted by atomic mass is 16.5. The number of carboxylic acids is 1. The lowest BCUT2D eigenvalue weighted by atomic mass is 9.81. The molecule has 2 atom stereocenters. The lowest BCUT2D eigenvalue weighted by Gasteiger charge is -2.26. The van der Waals surface area contributed by atoms with Gasteiger partial charge in [0.25, 0.3) is 0 Å². The fourth-order valence-electron chi connectivity index (χ4n) is 2.65. The molecule has 4 N–H and O–H groups in total. The van der Waals surface area contributed by atoms with Crippen molar-refractivity contribution in [1.29, 1.82) is 5.41 Å². The van der Waals surface area contributed by atoms with Gasteiger partial charge in [-0.3, -0.25) is 10.2 Å². The van der Waals surface area contributed by atoms with E-state index in [-0.39, 0.29) is 12.0 Å². The Morgan fingerprint density at radius 2 is 2.08 bits per heavy atom. The van der Waals surface area contributed by atoms with Gasteiger partial charge in [-0.15, -0.1) is 0 Å². The molecule has 0 aromatic heterocycles. The Morgan fingerprint density at radius 1 is 1.42 bits per heavy atom. The molecule has 1 aromatic rings. The molecule has 0 radical (unpaired) electrons. The Kier molecular flexibility index (Phi) is 5.83. The van der Waals surface area contributed by atoms with Crippen LogP contribution < -0.4 is 15.4 Å². The Labute approximate surface area is 143 Å². The molecule has 6 heteroatoms. The highest BCUT2D eigenvalue weighted by molar-refractivity contribution is 5.96. The van der Waals surface area contributed by atoms with Crippen molar-refractivity contribution in [3.05, 3.63) is 29.8 Å². The number of hydrogen-bond acceptors (Lipinski definition) is 4. The van der Waals surface area contributed by atoms with Crippen LogP contribution in [0.5, 0.6) is 5.75 Å². The number of nitrogens with one attached hydrogen (secondary N) is 3. The molecule has 6 nitrogen and oxygen atoms in total. The van der Waals surface area contributed by atoms with E-state index >= 15 is 0 Å². The fourth-order valence-corrected chi connectivity index (χ4v) is 2.65. The Hall–Kier alpha value is -2.08. The van der Waals surface area contributed by atoms with Crippen molar-refractivity contribution in [3.8, 4) is 5.75 Å². The molecule has 1 aliphatic heterocycles. The third kappa shape index (κ3) is 4.96. The molecular formula is C18H27N3O3. The van der Waals surface area contributed by atoms with E-state index in [1.807, 2.05) is 32.9 Å². The fraction of sp³-hybridized carbons (Fsp3) is 0.556. The molecule has 2 rings (SSSR count). The first-order chi connectivity index (χ1) is 11.3. The van der Waals surface area contributed by atoms with Crippen LogP contribution in [-0.2, 0) is 4.79 Å². The standard InChI is InChI=1S/C18H27N3O3/c1-18(2,3)15(17(22)23)11-24-14-6-4-12(5-7-14)16(19)21-13-8-9-20-10-13/h4-7,13,15,20H,8-11H2,1-3H3,(H2,19,21)(H,22,23)/t13-,15-/m0/s1. The Bertz CT molecular complexity index is 572. The third-order valence-corrected chi connectivity index (χ3v) is 4.31. The van der Waals surface area contributed by atoms with Crippen molar-refractivity contribution in [3.63, 3.8) is 0 Å². The summed E-state index contributed by atoms with van der Waals surface area (Å²) in [6.07, 6.45) is 1.02. The molecule has 132 valence electrons. The first kappa shape index (κ1) is 18.3. The smallest absolute Gasteiger partial charge is 0.310 e. The van der Waals surface area contributed by atoms with Gasteiger partial charge in [0.05, 0.1) is 5.92 Å². The van der Waals surface area contributed by atoms with Gasteiger partial charge in [-0.05, 0) is 42.6 Å². The zero-order valence-corrected chi connectivity index (χ0v) is 14.6. The van der Waals surface area contributed by atoms with Crippen molar-refractivity contribution in [2.45, 2.75) is 33.2 Å². The zero-order valence-electron chi connectivity index (χ0n) is 14.6. The van der Waals surface area contributed by atoms with Gasteiger partial charge in [-0.2, -0.15) is 0 Å². The number of ether oxygens (including phenoxy) is 1. The second kappa shape index (κ2) is 7.66. The summed E-state index contributed by atoms with van der Waals surface area (Å²) >= 11 is 0. The quantitative estimate of drug-likeness (QED) is 0.472. The van der Waals surface area contributed by atoms with Crippen LogP contribution in [0.3, 0.4) is 0 Å². The molecule has 1 heterocycles. The van der Waals surface area contributed by atoms with Crippen molar-refractivity contribution in [1.82, 2.24) is 10.6 Å². The maximum Gasteiger partial charge on any atom is 0.310 e. The summed E-state index contributed by atoms with van der Waals surface area (Å²) < 4.78 is 5.64. The molecule has 1 aromatic carbocycles. The first-order valence-corrected chi connectivity index (χ1v) is 8.29. The Morgan fingerprint density at radius 3 is 2.58 bits per heavy atom. The van der Waals surface area contributed by atoms with Gasteiger partial charge < -0.3 is 20.5 Å². The van der Waals surface area contributed by atoms with Crippen molar-refractivity contribution in [2.24, 2.45) is 11.3 Å². The average Bonchev–Trinajstić information content (AvgIpc) is 2.99. The minimum atomic E-state index is -0.852. The van der Waals surface area contributed by atoms with Crippen LogP contribution in [0, 0.1) is 16.7 Å². The number of aliphatic carboxylic acids is 1. The molecule has 0 unspecified atom stereocenters. The van der Waals surface area contributed by atoms with Crippen LogP contribution in [0.25, 0.3) is 0 Å². The number of carbonyl (C=O) groups is 1. The van der Waals surface area contributed by atoms with Gasteiger partial charge in [-0.25, -0.2) is 0 Å². The predicted molar refractivity (Wildman–Crippen MR) is 93.8 cm³/mol. The second-order valence-electron chi connectivity index (χ2n) is 7.30. The third-order valence-electron chi connectivity index (χ3n) is 4.31. The van der Waals surface area contributed by atoms with E-state index in [9.17, 15) is 9.90 Å². The van der Waals surface area contributed by atoms with Crippen LogP contribution in [0.15, 0.2) is 24.3 Å². The number of benzene rings is 1. The molecule has 0 amide bonds. The SMILES string of the molecule is CC(C)(C)[C@@H](COc1ccc(C(=N)N[C@H]2CCNC2)cc1)C(=O)O. The maximum absolute atomic E-state index is 11.4. The van der Waals surface area contributed by atoms with E-state index in [1.165, 1.54) is 0 Å². The Balaban J connectivity index is 1.91. The summed E-state index contributed by atoms with van der Waals surface area (Å²) in [4.78, 5) is 11.4. The van der Waals surface area contributed by atoms with Crippen LogP contribution in [-0.4, -0.2) is 42.6 Å². The number of rotatable bonds is 6. The average molecular weight is 333 g/mol. The lowest BCUT2D eigenvalue weighted by molar-refractivity contribution is -0.146. The van der Waals surface area contributed by atoms with Crippen LogP contribution in [0.1, 0.15) is 32.8 Å². The van der Waals surface area contributed by atoms with Crippen LogP contribution in [0.2, 0.25) is 0 Å². The van der Waals surface area contributed by atoms with Gasteiger partial charge >= 0.3 is 5.97 Å². The van der Waals surface area contributed by atoms with Gasteiger partial charge in [0.1, 0.15) is 18.2 Å². The van der Waals surface area contributed by atoms with E-state index in [0.29, 0.717) is 17.6 Å². The van der Waals surface area contributed by atoms with E-state index < -0.39 is 11.9 Å². The summed E-state index contributed by atoms with van der Waals surface area (Å²) in [7, 11) is 0. The highest BCUT2D eigenvalue weighted by Gasteiger charge is 2.31. The maximum atomic E-state index is 11.4. The van der Waals surface area contributed by atoms with Gasteiger partial charge in [0, 0.05) is 18.2 Å². The number of amidine groups is 1. The predicted octanol–water partition coefficient (Wildman–Crippen LogP) is 2.09. The molecular weight excluding hydrogens is 306 g/mol. The number of hydrogen-bond donors (Lipinski definition) is 4. The number of carboxylic acid groups (broad SMARTS) is 1. The summed E-state index contributed by atoms with van der Waals surface area (Å²) in [5.41, 5.74) is 0.424. The van der Waals surface area contributed by atoms with Gasteiger partial charge in [0.15, 0.2) is 0 Å². The molecule has 0 bridgehead atoms. The van der Waals surface area contributed by atoms with E-state index in [1.54, 1.807) is 12.1 Å². The van der Waals surface area contributed by atoms with Gasteiger partial charge in [-0.1, -0.05) is 20.8 Å². The van der Waals surface area contributed by atoms with Crippen molar-refractivity contribution in [2.75, 3.05) is 19.7 Å². The molecule has 0 saturated carbocycles. The summed E-state index contributed by atoms with van der Waals surface area (Å²) in [5, 5.41) is 23.9. The largest absolute Gasteiger partial charge is 0.493 e. The molecule has 24 heavy (non-hydrogen) atoms. The van der Waals surface area contributed by atoms with Crippen LogP contribution in [0.4, 0.5) is 0 Å². The second-order valence-corrected chi connectivity index (χ2v) is 7.30. The van der Waals surface area contributed by atoms with Crippen molar-refractivity contribution >= 4 is 11.8 Å². The van der Waals surface area contributed by atoms with E-state index in [2.05, 4.69) is 10.6 Å². The highest BCUT2D eigenvalue weighted by Crippen LogP contribution is 2.27. The zero-order chi connectivity index (χ0) is 17.7. The van der Waals surface area contributed by atoms with Crippen LogP contribution >= 0.6 is 0 Å². The van der Waals surface area contributed by atoms with Crippen molar-refractivity contribution < 1.29 is 14.6 Å². The molecule has 0 aliphatic carbocycles. The van der Waals surface area contributed by atoms with E-state index in [0.717, 1.165) is 25.1 Å². The summed E-state index contributed by atoms with van der Waals surface area (Å²) in [6.45, 7) is 7.67. The molecule has 1 fully saturated rings. The lowest BCUT2D eigenvalue weighted by Crippen LogP contribution is -2.36. The molecule has 1 aliphatic rings. The van der Waals surface area contributed by atoms with E-state index in [4.69, 9.17) is 10.1 Å². The summed E-state index contributed by atoms with van der Waals surface area (Å²) in [6, 6.07) is 7.50. The normalized spacial score (nSPS) is 18.9. The minimum Gasteiger partial charge on any atom is -0.493 e. The monoisotopic (exact) mass is 333 g/mol. The van der Waals surface area contributed by atoms with Gasteiger partial charge in [0.2, 0.25) is 0 Å². The minimum absolute atomic E-state index is 0.127. The topological polar surface area (TPSA) is 94.4 Å². The molecule has 1 saturated heterocycles. The molecule has 0 spiro atoms. The first-order valence-electron chi connectivity index (χ1n) is 8.29. The summed E-state index contributed by atoms with van der Waals surface area (Å²) in [5.74, 6) is -0.416.